The van der Waals surface area contributed by atoms with Gasteiger partial charge in [-0.1, -0.05) is 0 Å². The predicted octanol–water partition coefficient (Wildman–Crippen LogP) is -0.111. The molecule has 0 bridgehead atoms. The summed E-state index contributed by atoms with van der Waals surface area (Å²) in [6.07, 6.45) is 0.449. The van der Waals surface area contributed by atoms with Crippen molar-refractivity contribution in [3.8, 4) is 0 Å². The molecule has 0 saturated carbocycles. The molecule has 11 heavy (non-hydrogen) atoms. The summed E-state index contributed by atoms with van der Waals surface area (Å²) in [7, 11) is 0. The summed E-state index contributed by atoms with van der Waals surface area (Å²) < 4.78 is 4.65. The van der Waals surface area contributed by atoms with E-state index < -0.39 is 12.1 Å². The number of esters is 1. The average Bonchev–Trinajstić information content (AvgIpc) is 2.00. The van der Waals surface area contributed by atoms with E-state index in [1.807, 2.05) is 0 Å². The molecule has 1 atom stereocenters. The van der Waals surface area contributed by atoms with Crippen molar-refractivity contribution in [3.05, 3.63) is 0 Å². The first-order valence-corrected chi connectivity index (χ1v) is 3.44. The molecule has 0 saturated heterocycles. The summed E-state index contributed by atoms with van der Waals surface area (Å²) in [5.41, 5.74) is 0. The average molecular weight is 160 g/mol. The summed E-state index contributed by atoms with van der Waals surface area (Å²) in [5.74, 6) is -0.446. The number of aliphatic hydroxyl groups is 1. The molecule has 1 unspecified atom stereocenters. The van der Waals surface area contributed by atoms with Crippen molar-refractivity contribution in [1.82, 2.24) is 0 Å². The Hall–Kier alpha value is -0.900. The fourth-order valence-corrected chi connectivity index (χ4v) is 0.497. The number of aldehydes is 1. The van der Waals surface area contributed by atoms with Crippen LogP contribution in [0.4, 0.5) is 0 Å². The lowest BCUT2D eigenvalue weighted by Crippen LogP contribution is -2.18. The van der Waals surface area contributed by atoms with Gasteiger partial charge >= 0.3 is 5.97 Å². The highest BCUT2D eigenvalue weighted by atomic mass is 16.5. The predicted molar refractivity (Wildman–Crippen MR) is 37.9 cm³/mol. The van der Waals surface area contributed by atoms with Crippen LogP contribution in [0.15, 0.2) is 0 Å². The first-order valence-electron chi connectivity index (χ1n) is 3.44. The van der Waals surface area contributed by atoms with Crippen molar-refractivity contribution in [2.24, 2.45) is 0 Å². The second kappa shape index (κ2) is 5.85. The Kier molecular flexibility index (Phi) is 5.37. The molecule has 0 aliphatic heterocycles. The SMILES string of the molecule is CC(CO)OC(=O)CCC=O. The van der Waals surface area contributed by atoms with Crippen molar-refractivity contribution in [1.29, 1.82) is 0 Å². The number of aliphatic hydroxyl groups excluding tert-OH is 1. The summed E-state index contributed by atoms with van der Waals surface area (Å²) >= 11 is 0. The molecule has 4 heteroatoms. The second-order valence-corrected chi connectivity index (χ2v) is 2.19. The molecule has 0 aromatic heterocycles. The Labute approximate surface area is 65.2 Å². The van der Waals surface area contributed by atoms with Crippen molar-refractivity contribution < 1.29 is 19.4 Å². The van der Waals surface area contributed by atoms with Crippen LogP contribution in [-0.4, -0.2) is 30.1 Å². The number of rotatable bonds is 5. The van der Waals surface area contributed by atoms with Crippen LogP contribution in [-0.2, 0) is 14.3 Å². The smallest absolute Gasteiger partial charge is 0.306 e. The largest absolute Gasteiger partial charge is 0.460 e. The van der Waals surface area contributed by atoms with E-state index in [9.17, 15) is 9.59 Å². The Morgan fingerprint density at radius 1 is 1.73 bits per heavy atom. The first kappa shape index (κ1) is 10.1. The maximum atomic E-state index is 10.7. The number of carbonyl (C=O) groups excluding carboxylic acids is 2. The normalized spacial score (nSPS) is 12.2. The van der Waals surface area contributed by atoms with Gasteiger partial charge in [0.05, 0.1) is 13.0 Å². The van der Waals surface area contributed by atoms with Crippen LogP contribution < -0.4 is 0 Å². The summed E-state index contributed by atoms with van der Waals surface area (Å²) in [6.45, 7) is 1.39. The fraction of sp³-hybridized carbons (Fsp3) is 0.714. The lowest BCUT2D eigenvalue weighted by Gasteiger charge is -2.08. The van der Waals surface area contributed by atoms with Crippen molar-refractivity contribution in [2.45, 2.75) is 25.9 Å². The van der Waals surface area contributed by atoms with Crippen molar-refractivity contribution in [2.75, 3.05) is 6.61 Å². The fourth-order valence-electron chi connectivity index (χ4n) is 0.497. The quantitative estimate of drug-likeness (QED) is 0.450. The maximum absolute atomic E-state index is 10.7. The Morgan fingerprint density at radius 2 is 2.36 bits per heavy atom. The van der Waals surface area contributed by atoms with E-state index in [4.69, 9.17) is 5.11 Å². The molecule has 0 heterocycles. The highest BCUT2D eigenvalue weighted by molar-refractivity contribution is 5.72. The zero-order valence-electron chi connectivity index (χ0n) is 6.45. The Morgan fingerprint density at radius 3 is 2.82 bits per heavy atom. The van der Waals surface area contributed by atoms with Gasteiger partial charge in [-0.3, -0.25) is 4.79 Å². The zero-order chi connectivity index (χ0) is 8.69. The van der Waals surface area contributed by atoms with Gasteiger partial charge in [0.1, 0.15) is 12.4 Å². The number of ether oxygens (including phenoxy) is 1. The highest BCUT2D eigenvalue weighted by Crippen LogP contribution is 1.94. The third-order valence-corrected chi connectivity index (χ3v) is 1.06. The van der Waals surface area contributed by atoms with Crippen LogP contribution in [0.5, 0.6) is 0 Å². The van der Waals surface area contributed by atoms with Gasteiger partial charge in [0.2, 0.25) is 0 Å². The molecular formula is C7H12O4. The third kappa shape index (κ3) is 5.54. The molecule has 4 nitrogen and oxygen atoms in total. The standard InChI is InChI=1S/C7H12O4/c1-6(5-9)11-7(10)3-2-4-8/h4,6,9H,2-3,5H2,1H3. The van der Waals surface area contributed by atoms with Crippen LogP contribution in [0.2, 0.25) is 0 Å². The minimum atomic E-state index is -0.478. The van der Waals surface area contributed by atoms with Crippen molar-refractivity contribution >= 4 is 12.3 Å². The lowest BCUT2D eigenvalue weighted by atomic mass is 10.3. The topological polar surface area (TPSA) is 63.6 Å². The number of carbonyl (C=O) groups is 2. The van der Waals surface area contributed by atoms with Crippen LogP contribution in [0.25, 0.3) is 0 Å². The monoisotopic (exact) mass is 160 g/mol. The van der Waals surface area contributed by atoms with Crippen LogP contribution >= 0.6 is 0 Å². The minimum Gasteiger partial charge on any atom is -0.460 e. The van der Waals surface area contributed by atoms with Crippen LogP contribution in [0.1, 0.15) is 19.8 Å². The second-order valence-electron chi connectivity index (χ2n) is 2.19. The van der Waals surface area contributed by atoms with E-state index in [-0.39, 0.29) is 19.4 Å². The van der Waals surface area contributed by atoms with Gasteiger partial charge in [-0.05, 0) is 6.92 Å². The Balaban J connectivity index is 3.43. The molecule has 0 fully saturated rings. The molecule has 64 valence electrons. The van der Waals surface area contributed by atoms with Gasteiger partial charge in [0.25, 0.3) is 0 Å². The van der Waals surface area contributed by atoms with Gasteiger partial charge in [0, 0.05) is 6.42 Å². The maximum Gasteiger partial charge on any atom is 0.306 e. The van der Waals surface area contributed by atoms with E-state index in [1.54, 1.807) is 6.92 Å². The zero-order valence-corrected chi connectivity index (χ0v) is 6.45. The molecule has 0 aliphatic carbocycles. The van der Waals surface area contributed by atoms with Gasteiger partial charge < -0.3 is 14.6 Å². The lowest BCUT2D eigenvalue weighted by molar-refractivity contribution is -0.150. The molecule has 0 rings (SSSR count). The molecule has 0 spiro atoms. The Bertz CT molecular complexity index is 132. The van der Waals surface area contributed by atoms with Crippen molar-refractivity contribution in [3.63, 3.8) is 0 Å². The first-order chi connectivity index (χ1) is 5.20. The van der Waals surface area contributed by atoms with Gasteiger partial charge in [0.15, 0.2) is 0 Å². The van der Waals surface area contributed by atoms with E-state index >= 15 is 0 Å². The molecular weight excluding hydrogens is 148 g/mol. The molecule has 0 amide bonds. The van der Waals surface area contributed by atoms with E-state index in [2.05, 4.69) is 4.74 Å². The third-order valence-electron chi connectivity index (χ3n) is 1.06. The molecule has 0 radical (unpaired) electrons. The van der Waals surface area contributed by atoms with Gasteiger partial charge in [-0.25, -0.2) is 0 Å². The van der Waals surface area contributed by atoms with Crippen LogP contribution in [0, 0.1) is 0 Å². The van der Waals surface area contributed by atoms with E-state index in [1.165, 1.54) is 0 Å². The van der Waals surface area contributed by atoms with E-state index in [0.29, 0.717) is 6.29 Å². The molecule has 0 aromatic rings. The summed E-state index contributed by atoms with van der Waals surface area (Å²) in [5, 5.41) is 8.46. The summed E-state index contributed by atoms with van der Waals surface area (Å²) in [6, 6.07) is 0. The molecule has 1 N–H and O–H groups in total. The van der Waals surface area contributed by atoms with Gasteiger partial charge in [-0.2, -0.15) is 0 Å². The number of hydrogen-bond donors (Lipinski definition) is 1. The highest BCUT2D eigenvalue weighted by Gasteiger charge is 2.06. The van der Waals surface area contributed by atoms with Crippen LogP contribution in [0.3, 0.4) is 0 Å². The minimum absolute atomic E-state index is 0.0911. The molecule has 0 aliphatic rings. The number of hydrogen-bond acceptors (Lipinski definition) is 4. The van der Waals surface area contributed by atoms with E-state index in [0.717, 1.165) is 0 Å². The summed E-state index contributed by atoms with van der Waals surface area (Å²) in [4.78, 5) is 20.5. The van der Waals surface area contributed by atoms with Gasteiger partial charge in [-0.15, -0.1) is 0 Å². The molecule has 0 aromatic carbocycles.